The van der Waals surface area contributed by atoms with E-state index in [-0.39, 0.29) is 17.8 Å². The summed E-state index contributed by atoms with van der Waals surface area (Å²) in [5.74, 6) is -1.62. The van der Waals surface area contributed by atoms with Crippen molar-refractivity contribution in [2.45, 2.75) is 6.42 Å². The second-order valence-corrected chi connectivity index (χ2v) is 4.25. The van der Waals surface area contributed by atoms with Gasteiger partial charge in [0.2, 0.25) is 0 Å². The number of nitrogens with zero attached hydrogens (tertiary/aromatic N) is 1. The summed E-state index contributed by atoms with van der Waals surface area (Å²) in [6, 6.07) is 2.95. The van der Waals surface area contributed by atoms with Crippen LogP contribution in [0, 0.1) is 11.6 Å². The molecule has 1 saturated heterocycles. The second-order valence-electron chi connectivity index (χ2n) is 4.25. The van der Waals surface area contributed by atoms with Gasteiger partial charge in [-0.2, -0.15) is 0 Å². The predicted octanol–water partition coefficient (Wildman–Crippen LogP) is 1.87. The quantitative estimate of drug-likeness (QED) is 0.769. The van der Waals surface area contributed by atoms with Crippen LogP contribution in [0.3, 0.4) is 0 Å². The van der Waals surface area contributed by atoms with Crippen molar-refractivity contribution in [3.05, 3.63) is 35.4 Å². The Balaban J connectivity index is 1.92. The van der Waals surface area contributed by atoms with E-state index in [9.17, 15) is 13.6 Å². The van der Waals surface area contributed by atoms with Gasteiger partial charge < -0.3 is 4.74 Å². The van der Waals surface area contributed by atoms with Crippen molar-refractivity contribution in [2.75, 3.05) is 32.8 Å². The van der Waals surface area contributed by atoms with Crippen LogP contribution in [0.25, 0.3) is 0 Å². The number of rotatable bonds is 4. The largest absolute Gasteiger partial charge is 0.379 e. The molecule has 1 aliphatic rings. The smallest absolute Gasteiger partial charge is 0.167 e. The van der Waals surface area contributed by atoms with Crippen LogP contribution in [-0.2, 0) is 4.74 Å². The highest BCUT2D eigenvalue weighted by molar-refractivity contribution is 5.96. The molecule has 1 aromatic carbocycles. The summed E-state index contributed by atoms with van der Waals surface area (Å²) in [6.07, 6.45) is 0.195. The van der Waals surface area contributed by atoms with Crippen LogP contribution in [0.15, 0.2) is 18.2 Å². The van der Waals surface area contributed by atoms with E-state index in [1.54, 1.807) is 0 Å². The van der Waals surface area contributed by atoms with Gasteiger partial charge in [-0.25, -0.2) is 8.78 Å². The lowest BCUT2D eigenvalue weighted by Gasteiger charge is -2.26. The van der Waals surface area contributed by atoms with Crippen molar-refractivity contribution < 1.29 is 18.3 Å². The zero-order chi connectivity index (χ0) is 13.0. The van der Waals surface area contributed by atoms with Crippen molar-refractivity contribution in [3.8, 4) is 0 Å². The van der Waals surface area contributed by atoms with Crippen LogP contribution < -0.4 is 0 Å². The molecular weight excluding hydrogens is 240 g/mol. The third-order valence-electron chi connectivity index (χ3n) is 2.99. The Labute approximate surface area is 104 Å². The van der Waals surface area contributed by atoms with E-state index in [0.29, 0.717) is 19.8 Å². The number of hydrogen-bond acceptors (Lipinski definition) is 3. The molecule has 0 bridgehead atoms. The fraction of sp³-hybridized carbons (Fsp3) is 0.462. The molecule has 3 nitrogen and oxygen atoms in total. The molecule has 18 heavy (non-hydrogen) atoms. The van der Waals surface area contributed by atoms with E-state index in [1.165, 1.54) is 0 Å². The minimum absolute atomic E-state index is 0.164. The molecule has 0 spiro atoms. The summed E-state index contributed by atoms with van der Waals surface area (Å²) in [4.78, 5) is 13.9. The number of halogens is 2. The maximum absolute atomic E-state index is 13.4. The van der Waals surface area contributed by atoms with Crippen LogP contribution in [0.1, 0.15) is 16.8 Å². The summed E-state index contributed by atoms with van der Waals surface area (Å²) in [6.45, 7) is 3.42. The van der Waals surface area contributed by atoms with Crippen molar-refractivity contribution in [1.82, 2.24) is 4.90 Å². The van der Waals surface area contributed by atoms with E-state index < -0.39 is 11.6 Å². The zero-order valence-corrected chi connectivity index (χ0v) is 9.99. The summed E-state index contributed by atoms with van der Waals surface area (Å²) in [5, 5.41) is 0. The van der Waals surface area contributed by atoms with Crippen LogP contribution in [0.2, 0.25) is 0 Å². The summed E-state index contributed by atoms with van der Waals surface area (Å²) >= 11 is 0. The minimum Gasteiger partial charge on any atom is -0.379 e. The lowest BCUT2D eigenvalue weighted by Crippen LogP contribution is -2.37. The highest BCUT2D eigenvalue weighted by Crippen LogP contribution is 2.12. The number of morpholine rings is 1. The molecule has 1 heterocycles. The topological polar surface area (TPSA) is 29.5 Å². The molecule has 1 aromatic rings. The van der Waals surface area contributed by atoms with Gasteiger partial charge in [0.25, 0.3) is 0 Å². The van der Waals surface area contributed by atoms with Gasteiger partial charge in [0.1, 0.15) is 11.6 Å². The first-order valence-electron chi connectivity index (χ1n) is 5.95. The van der Waals surface area contributed by atoms with E-state index in [2.05, 4.69) is 4.90 Å². The molecule has 0 atom stereocenters. The van der Waals surface area contributed by atoms with Crippen molar-refractivity contribution in [3.63, 3.8) is 0 Å². The molecule has 2 rings (SSSR count). The summed E-state index contributed by atoms with van der Waals surface area (Å²) in [5.41, 5.74) is -0.164. The third kappa shape index (κ3) is 3.34. The van der Waals surface area contributed by atoms with Crippen LogP contribution in [-0.4, -0.2) is 43.5 Å². The van der Waals surface area contributed by atoms with Crippen LogP contribution >= 0.6 is 0 Å². The standard InChI is InChI=1S/C13H15F2NO2/c14-10-1-2-12(15)11(9-10)13(17)3-4-16-5-7-18-8-6-16/h1-2,9H,3-8H2. The lowest BCUT2D eigenvalue weighted by molar-refractivity contribution is 0.0369. The molecule has 0 saturated carbocycles. The van der Waals surface area contributed by atoms with Crippen LogP contribution in [0.4, 0.5) is 8.78 Å². The summed E-state index contributed by atoms with van der Waals surface area (Å²) < 4.78 is 31.5. The van der Waals surface area contributed by atoms with Crippen molar-refractivity contribution in [1.29, 1.82) is 0 Å². The number of hydrogen-bond donors (Lipinski definition) is 0. The SMILES string of the molecule is O=C(CCN1CCOCC1)c1cc(F)ccc1F. The number of carbonyl (C=O) groups excluding carboxylic acids is 1. The van der Waals surface area contributed by atoms with Gasteiger partial charge in [0, 0.05) is 26.1 Å². The van der Waals surface area contributed by atoms with Gasteiger partial charge >= 0.3 is 0 Å². The molecule has 1 fully saturated rings. The first-order chi connectivity index (χ1) is 8.66. The first kappa shape index (κ1) is 13.1. The summed E-state index contributed by atoms with van der Waals surface area (Å²) in [7, 11) is 0. The van der Waals surface area contributed by atoms with Gasteiger partial charge in [-0.1, -0.05) is 0 Å². The molecule has 0 aliphatic carbocycles. The molecule has 0 N–H and O–H groups in total. The fourth-order valence-electron chi connectivity index (χ4n) is 1.93. The molecule has 0 unspecified atom stereocenters. The van der Waals surface area contributed by atoms with Gasteiger partial charge in [-0.05, 0) is 18.2 Å². The van der Waals surface area contributed by atoms with Crippen molar-refractivity contribution >= 4 is 5.78 Å². The Morgan fingerprint density at radius 2 is 2.00 bits per heavy atom. The average Bonchev–Trinajstić information content (AvgIpc) is 2.40. The maximum atomic E-state index is 13.4. The number of carbonyl (C=O) groups is 1. The number of ether oxygens (including phenoxy) is 1. The van der Waals surface area contributed by atoms with Crippen LogP contribution in [0.5, 0.6) is 0 Å². The van der Waals surface area contributed by atoms with E-state index >= 15 is 0 Å². The Morgan fingerprint density at radius 1 is 1.28 bits per heavy atom. The number of benzene rings is 1. The Bertz CT molecular complexity index is 431. The normalized spacial score (nSPS) is 16.8. The molecule has 1 aliphatic heterocycles. The maximum Gasteiger partial charge on any atom is 0.167 e. The lowest BCUT2D eigenvalue weighted by atomic mass is 10.1. The number of Topliss-reactive ketones (excluding diaryl/α,β-unsaturated/α-hetero) is 1. The Morgan fingerprint density at radius 3 is 2.72 bits per heavy atom. The second kappa shape index (κ2) is 6.02. The number of ketones is 1. The molecule has 0 aromatic heterocycles. The predicted molar refractivity (Wildman–Crippen MR) is 62.6 cm³/mol. The third-order valence-corrected chi connectivity index (χ3v) is 2.99. The Kier molecular flexibility index (Phi) is 4.38. The highest BCUT2D eigenvalue weighted by Gasteiger charge is 2.16. The molecule has 98 valence electrons. The van der Waals surface area contributed by atoms with Gasteiger partial charge in [0.15, 0.2) is 5.78 Å². The Hall–Kier alpha value is -1.33. The average molecular weight is 255 g/mol. The van der Waals surface area contributed by atoms with E-state index in [0.717, 1.165) is 31.3 Å². The van der Waals surface area contributed by atoms with Crippen molar-refractivity contribution in [2.24, 2.45) is 0 Å². The monoisotopic (exact) mass is 255 g/mol. The molecule has 5 heteroatoms. The highest BCUT2D eigenvalue weighted by atomic mass is 19.1. The fourth-order valence-corrected chi connectivity index (χ4v) is 1.93. The van der Waals surface area contributed by atoms with Gasteiger partial charge in [-0.3, -0.25) is 9.69 Å². The minimum atomic E-state index is -0.664. The zero-order valence-electron chi connectivity index (χ0n) is 9.99. The van der Waals surface area contributed by atoms with Gasteiger partial charge in [0.05, 0.1) is 18.8 Å². The molecular formula is C13H15F2NO2. The first-order valence-corrected chi connectivity index (χ1v) is 5.95. The van der Waals surface area contributed by atoms with E-state index in [1.807, 2.05) is 0 Å². The molecule has 0 amide bonds. The van der Waals surface area contributed by atoms with E-state index in [4.69, 9.17) is 4.74 Å². The van der Waals surface area contributed by atoms with Gasteiger partial charge in [-0.15, -0.1) is 0 Å². The molecule has 0 radical (unpaired) electrons.